The highest BCUT2D eigenvalue weighted by Crippen LogP contribution is 2.08. The van der Waals surface area contributed by atoms with Crippen molar-refractivity contribution in [3.8, 4) is 0 Å². The molecule has 0 atom stereocenters. The molecule has 2 aromatic rings. The molecule has 0 fully saturated rings. The highest BCUT2D eigenvalue weighted by molar-refractivity contribution is 14.1. The van der Waals surface area contributed by atoms with Gasteiger partial charge < -0.3 is 5.32 Å². The third-order valence-corrected chi connectivity index (χ3v) is 2.57. The topological polar surface area (TPSA) is 57.8 Å². The van der Waals surface area contributed by atoms with E-state index < -0.39 is 0 Å². The van der Waals surface area contributed by atoms with E-state index >= 15 is 0 Å². The molecule has 1 aromatic carbocycles. The van der Waals surface area contributed by atoms with Crippen LogP contribution in [0.1, 0.15) is 10.4 Å². The molecule has 2 N–H and O–H groups in total. The largest absolute Gasteiger partial charge is 0.307 e. The Morgan fingerprint density at radius 3 is 2.60 bits per heavy atom. The summed E-state index contributed by atoms with van der Waals surface area (Å²) in [6, 6.07) is 9.05. The van der Waals surface area contributed by atoms with Gasteiger partial charge in [0.05, 0.1) is 6.20 Å². The lowest BCUT2D eigenvalue weighted by atomic mass is 10.2. The van der Waals surface area contributed by atoms with E-state index in [1.165, 1.54) is 0 Å². The van der Waals surface area contributed by atoms with Gasteiger partial charge in [-0.25, -0.2) is 0 Å². The molecule has 1 aromatic heterocycles. The van der Waals surface area contributed by atoms with Gasteiger partial charge in [-0.2, -0.15) is 5.10 Å². The van der Waals surface area contributed by atoms with Gasteiger partial charge in [-0.3, -0.25) is 9.89 Å². The van der Waals surface area contributed by atoms with Crippen LogP contribution in [0.5, 0.6) is 0 Å². The molecule has 0 unspecified atom stereocenters. The summed E-state index contributed by atoms with van der Waals surface area (Å²) in [7, 11) is 0. The van der Waals surface area contributed by atoms with E-state index in [1.807, 2.05) is 12.1 Å². The van der Waals surface area contributed by atoms with Crippen molar-refractivity contribution in [2.24, 2.45) is 0 Å². The zero-order valence-corrected chi connectivity index (χ0v) is 9.86. The Morgan fingerprint density at radius 2 is 2.00 bits per heavy atom. The Kier molecular flexibility index (Phi) is 3.00. The molecule has 2 rings (SSSR count). The molecule has 0 aliphatic carbocycles. The van der Waals surface area contributed by atoms with Crippen molar-refractivity contribution in [2.45, 2.75) is 0 Å². The van der Waals surface area contributed by atoms with Gasteiger partial charge in [-0.1, -0.05) is 0 Å². The zero-order chi connectivity index (χ0) is 10.7. The lowest BCUT2D eigenvalue weighted by molar-refractivity contribution is 0.102. The van der Waals surface area contributed by atoms with Crippen molar-refractivity contribution < 1.29 is 4.79 Å². The lowest BCUT2D eigenvalue weighted by Gasteiger charge is -2.01. The first kappa shape index (κ1) is 10.2. The Hall–Kier alpha value is -1.37. The van der Waals surface area contributed by atoms with Crippen molar-refractivity contribution >= 4 is 34.3 Å². The smallest absolute Gasteiger partial charge is 0.256 e. The average molecular weight is 313 g/mol. The van der Waals surface area contributed by atoms with E-state index in [-0.39, 0.29) is 5.91 Å². The summed E-state index contributed by atoms with van der Waals surface area (Å²) in [5.74, 6) is 0.453. The number of benzene rings is 1. The number of carbonyl (C=O) groups is 1. The highest BCUT2D eigenvalue weighted by atomic mass is 127. The maximum Gasteiger partial charge on any atom is 0.256 e. The average Bonchev–Trinajstić information content (AvgIpc) is 2.71. The van der Waals surface area contributed by atoms with Gasteiger partial charge >= 0.3 is 0 Å². The van der Waals surface area contributed by atoms with E-state index in [4.69, 9.17) is 0 Å². The molecule has 0 spiro atoms. The molecule has 5 heteroatoms. The van der Waals surface area contributed by atoms with Gasteiger partial charge in [0.2, 0.25) is 0 Å². The SMILES string of the molecule is O=C(Nc1ccn[nH]1)c1ccc(I)cc1. The summed E-state index contributed by atoms with van der Waals surface area (Å²) < 4.78 is 1.10. The predicted octanol–water partition coefficient (Wildman–Crippen LogP) is 2.27. The van der Waals surface area contributed by atoms with Crippen LogP contribution >= 0.6 is 22.6 Å². The van der Waals surface area contributed by atoms with Crippen molar-refractivity contribution in [3.63, 3.8) is 0 Å². The summed E-state index contributed by atoms with van der Waals surface area (Å²) in [6.45, 7) is 0. The monoisotopic (exact) mass is 313 g/mol. The van der Waals surface area contributed by atoms with E-state index in [0.717, 1.165) is 3.57 Å². The van der Waals surface area contributed by atoms with E-state index in [2.05, 4.69) is 38.1 Å². The number of nitrogens with one attached hydrogen (secondary N) is 2. The molecule has 0 saturated carbocycles. The number of aromatic amines is 1. The van der Waals surface area contributed by atoms with Crippen LogP contribution in [0.25, 0.3) is 0 Å². The fourth-order valence-electron chi connectivity index (χ4n) is 1.12. The third kappa shape index (κ3) is 2.56. The Balaban J connectivity index is 2.11. The van der Waals surface area contributed by atoms with Gasteiger partial charge in [0.25, 0.3) is 5.91 Å². The normalized spacial score (nSPS) is 9.93. The minimum absolute atomic E-state index is 0.143. The van der Waals surface area contributed by atoms with Gasteiger partial charge in [-0.05, 0) is 46.9 Å². The number of hydrogen-bond acceptors (Lipinski definition) is 2. The van der Waals surface area contributed by atoms with Crippen LogP contribution in [0.2, 0.25) is 0 Å². The van der Waals surface area contributed by atoms with Gasteiger partial charge in [-0.15, -0.1) is 0 Å². The molecule has 4 nitrogen and oxygen atoms in total. The fourth-order valence-corrected chi connectivity index (χ4v) is 1.48. The van der Waals surface area contributed by atoms with E-state index in [1.54, 1.807) is 24.4 Å². The van der Waals surface area contributed by atoms with Crippen molar-refractivity contribution in [2.75, 3.05) is 5.32 Å². The summed E-state index contributed by atoms with van der Waals surface area (Å²) in [6.07, 6.45) is 1.59. The number of rotatable bonds is 2. The van der Waals surface area contributed by atoms with Gasteiger partial charge in [0.1, 0.15) is 5.82 Å². The lowest BCUT2D eigenvalue weighted by Crippen LogP contribution is -2.11. The Morgan fingerprint density at radius 1 is 1.27 bits per heavy atom. The first-order chi connectivity index (χ1) is 7.25. The highest BCUT2D eigenvalue weighted by Gasteiger charge is 2.05. The number of anilines is 1. The maximum absolute atomic E-state index is 11.7. The van der Waals surface area contributed by atoms with Crippen LogP contribution in [0.4, 0.5) is 5.82 Å². The Labute approximate surface area is 100 Å². The van der Waals surface area contributed by atoms with Gasteiger partial charge in [0, 0.05) is 15.2 Å². The van der Waals surface area contributed by atoms with Gasteiger partial charge in [0.15, 0.2) is 0 Å². The van der Waals surface area contributed by atoms with Crippen LogP contribution in [0.15, 0.2) is 36.5 Å². The molecule has 1 amide bonds. The second-order valence-electron chi connectivity index (χ2n) is 2.93. The molecular weight excluding hydrogens is 305 g/mol. The summed E-state index contributed by atoms with van der Waals surface area (Å²) in [5.41, 5.74) is 0.630. The first-order valence-corrected chi connectivity index (χ1v) is 5.40. The van der Waals surface area contributed by atoms with E-state index in [0.29, 0.717) is 11.4 Å². The summed E-state index contributed by atoms with van der Waals surface area (Å²) in [4.78, 5) is 11.7. The molecule has 0 radical (unpaired) electrons. The third-order valence-electron chi connectivity index (χ3n) is 1.86. The molecule has 15 heavy (non-hydrogen) atoms. The van der Waals surface area contributed by atoms with Crippen molar-refractivity contribution in [1.82, 2.24) is 10.2 Å². The van der Waals surface area contributed by atoms with Crippen LogP contribution in [-0.4, -0.2) is 16.1 Å². The number of nitrogens with zero attached hydrogens (tertiary/aromatic N) is 1. The molecule has 0 bridgehead atoms. The second kappa shape index (κ2) is 4.43. The number of aromatic nitrogens is 2. The molecule has 0 aliphatic heterocycles. The van der Waals surface area contributed by atoms with Crippen LogP contribution in [0.3, 0.4) is 0 Å². The van der Waals surface area contributed by atoms with Crippen LogP contribution in [-0.2, 0) is 0 Å². The number of amides is 1. The minimum atomic E-state index is -0.143. The second-order valence-corrected chi connectivity index (χ2v) is 4.18. The number of carbonyl (C=O) groups excluding carboxylic acids is 1. The quantitative estimate of drug-likeness (QED) is 0.836. The summed E-state index contributed by atoms with van der Waals surface area (Å²) >= 11 is 2.19. The number of halogens is 1. The standard InChI is InChI=1S/C10H8IN3O/c11-8-3-1-7(2-4-8)10(15)13-9-5-6-12-14-9/h1-6H,(H2,12,13,14,15). The predicted molar refractivity (Wildman–Crippen MR) is 65.7 cm³/mol. The fraction of sp³-hybridized carbons (Fsp3) is 0. The maximum atomic E-state index is 11.7. The van der Waals surface area contributed by atoms with Crippen LogP contribution < -0.4 is 5.32 Å². The molecule has 76 valence electrons. The molecule has 0 aliphatic rings. The first-order valence-electron chi connectivity index (χ1n) is 4.32. The zero-order valence-electron chi connectivity index (χ0n) is 7.70. The summed E-state index contributed by atoms with van der Waals surface area (Å²) in [5, 5.41) is 9.11. The van der Waals surface area contributed by atoms with Crippen molar-refractivity contribution in [3.05, 3.63) is 45.7 Å². The molecule has 0 saturated heterocycles. The van der Waals surface area contributed by atoms with E-state index in [9.17, 15) is 4.79 Å². The van der Waals surface area contributed by atoms with Crippen LogP contribution in [0, 0.1) is 3.57 Å². The minimum Gasteiger partial charge on any atom is -0.307 e. The molecular formula is C10H8IN3O. The number of hydrogen-bond donors (Lipinski definition) is 2. The number of H-pyrrole nitrogens is 1. The van der Waals surface area contributed by atoms with Crippen molar-refractivity contribution in [1.29, 1.82) is 0 Å². The Bertz CT molecular complexity index is 450. The molecule has 1 heterocycles.